The second-order valence-corrected chi connectivity index (χ2v) is 15.9. The van der Waals surface area contributed by atoms with Crippen LogP contribution >= 0.6 is 7.82 Å². The predicted octanol–water partition coefficient (Wildman–Crippen LogP) is 13.2. The molecule has 0 aromatic rings. The molecule has 0 rings (SSSR count). The smallest absolute Gasteiger partial charge is 0.462 e. The van der Waals surface area contributed by atoms with E-state index in [1.54, 1.807) is 0 Å². The molecule has 9 heteroatoms. The fourth-order valence-corrected chi connectivity index (χ4v) is 6.61. The van der Waals surface area contributed by atoms with Gasteiger partial charge in [-0.25, -0.2) is 4.57 Å². The van der Waals surface area contributed by atoms with Gasteiger partial charge in [0.25, 0.3) is 0 Å². The van der Waals surface area contributed by atoms with Gasteiger partial charge in [0.15, 0.2) is 6.10 Å². The first-order chi connectivity index (χ1) is 25.3. The number of ether oxygens (including phenoxy) is 2. The number of unbranched alkanes of at least 4 members (excludes halogenated alkanes) is 27. The maximum atomic E-state index is 12.4. The highest BCUT2D eigenvalue weighted by atomic mass is 31.2. The van der Waals surface area contributed by atoms with E-state index < -0.39 is 32.5 Å². The van der Waals surface area contributed by atoms with Crippen LogP contribution in [0.25, 0.3) is 0 Å². The van der Waals surface area contributed by atoms with Gasteiger partial charge in [-0.2, -0.15) is 0 Å². The minimum absolute atomic E-state index is 0.197. The maximum Gasteiger partial charge on any atom is 0.469 e. The topological polar surface area (TPSA) is 119 Å². The monoisotopic (exact) mass is 757 g/mol. The molecule has 306 valence electrons. The minimum atomic E-state index is -4.75. The zero-order valence-corrected chi connectivity index (χ0v) is 34.6. The molecule has 0 amide bonds. The number of allylic oxidation sites excluding steroid dienone is 4. The number of hydrogen-bond donors (Lipinski definition) is 2. The summed E-state index contributed by atoms with van der Waals surface area (Å²) in [6, 6.07) is 0. The molecular formula is C43H81O8P. The largest absolute Gasteiger partial charge is 0.469 e. The summed E-state index contributed by atoms with van der Waals surface area (Å²) in [7, 11) is -4.75. The van der Waals surface area contributed by atoms with Crippen molar-refractivity contribution in [2.45, 2.75) is 225 Å². The second-order valence-electron chi connectivity index (χ2n) is 14.7. The molecular weight excluding hydrogens is 675 g/mol. The summed E-state index contributed by atoms with van der Waals surface area (Å²) in [5.74, 6) is -0.893. The molecule has 0 saturated carbocycles. The molecule has 0 unspecified atom stereocenters. The molecule has 0 fully saturated rings. The van der Waals surface area contributed by atoms with Crippen molar-refractivity contribution in [2.24, 2.45) is 0 Å². The van der Waals surface area contributed by atoms with Gasteiger partial charge in [-0.15, -0.1) is 0 Å². The summed E-state index contributed by atoms with van der Waals surface area (Å²) in [4.78, 5) is 42.8. The van der Waals surface area contributed by atoms with Gasteiger partial charge in [0.05, 0.1) is 6.61 Å². The highest BCUT2D eigenvalue weighted by Crippen LogP contribution is 2.36. The Labute approximate surface area is 319 Å². The number of carbonyl (C=O) groups is 2. The van der Waals surface area contributed by atoms with Crippen molar-refractivity contribution < 1.29 is 37.9 Å². The number of esters is 2. The molecule has 0 heterocycles. The van der Waals surface area contributed by atoms with Crippen LogP contribution < -0.4 is 0 Å². The normalized spacial score (nSPS) is 12.6. The van der Waals surface area contributed by atoms with E-state index in [2.05, 4.69) is 42.7 Å². The highest BCUT2D eigenvalue weighted by molar-refractivity contribution is 7.46. The van der Waals surface area contributed by atoms with Crippen molar-refractivity contribution in [1.29, 1.82) is 0 Å². The molecule has 52 heavy (non-hydrogen) atoms. The molecule has 2 N–H and O–H groups in total. The van der Waals surface area contributed by atoms with Crippen LogP contribution in [0.2, 0.25) is 0 Å². The van der Waals surface area contributed by atoms with Gasteiger partial charge in [-0.3, -0.25) is 14.1 Å². The third-order valence-corrected chi connectivity index (χ3v) is 9.99. The second kappa shape index (κ2) is 39.2. The van der Waals surface area contributed by atoms with Crippen LogP contribution in [0, 0.1) is 0 Å². The van der Waals surface area contributed by atoms with E-state index >= 15 is 0 Å². The summed E-state index contributed by atoms with van der Waals surface area (Å²) in [6.07, 6.45) is 44.7. The van der Waals surface area contributed by atoms with Crippen LogP contribution in [0.3, 0.4) is 0 Å². The first-order valence-electron chi connectivity index (χ1n) is 21.6. The predicted molar refractivity (Wildman–Crippen MR) is 216 cm³/mol. The Morgan fingerprint density at radius 3 is 1.25 bits per heavy atom. The fourth-order valence-electron chi connectivity index (χ4n) is 6.25. The Bertz CT molecular complexity index is 900. The molecule has 1 atom stereocenters. The van der Waals surface area contributed by atoms with Gasteiger partial charge in [0.1, 0.15) is 6.61 Å². The number of carbonyl (C=O) groups excluding carboxylic acids is 2. The fraction of sp³-hybridized carbons (Fsp3) is 0.860. The Balaban J connectivity index is 3.88. The maximum absolute atomic E-state index is 12.4. The van der Waals surface area contributed by atoms with Crippen LogP contribution in [-0.2, 0) is 28.2 Å². The van der Waals surface area contributed by atoms with Crippen molar-refractivity contribution in [1.82, 2.24) is 0 Å². The van der Waals surface area contributed by atoms with Gasteiger partial charge in [0.2, 0.25) is 0 Å². The van der Waals surface area contributed by atoms with Crippen LogP contribution in [0.5, 0.6) is 0 Å². The van der Waals surface area contributed by atoms with E-state index in [4.69, 9.17) is 19.3 Å². The van der Waals surface area contributed by atoms with Crippen LogP contribution in [0.1, 0.15) is 219 Å². The molecule has 0 aliphatic rings. The average molecular weight is 757 g/mol. The highest BCUT2D eigenvalue weighted by Gasteiger charge is 2.22. The van der Waals surface area contributed by atoms with E-state index in [0.717, 1.165) is 57.8 Å². The number of rotatable bonds is 40. The lowest BCUT2D eigenvalue weighted by Crippen LogP contribution is -2.29. The molecule has 0 aromatic heterocycles. The summed E-state index contributed by atoms with van der Waals surface area (Å²) in [5.41, 5.74) is 0. The van der Waals surface area contributed by atoms with Crippen LogP contribution in [0.4, 0.5) is 0 Å². The Morgan fingerprint density at radius 2 is 0.846 bits per heavy atom. The van der Waals surface area contributed by atoms with Gasteiger partial charge < -0.3 is 19.3 Å². The van der Waals surface area contributed by atoms with Gasteiger partial charge in [0, 0.05) is 12.8 Å². The summed E-state index contributed by atoms with van der Waals surface area (Å²) in [5, 5.41) is 0. The lowest BCUT2D eigenvalue weighted by atomic mass is 10.0. The van der Waals surface area contributed by atoms with E-state index in [1.165, 1.54) is 128 Å². The standard InChI is InChI=1S/C43H81O8P/c1-3-5-7-9-11-13-15-17-19-20-21-22-24-25-27-29-31-33-35-37-42(44)49-39-41(40-50-52(46,47)48)51-43(45)38-36-34-32-30-28-26-23-18-16-14-12-10-8-6-4-2/h14,16,18,23,41H,3-13,15,17,19-22,24-40H2,1-2H3,(H2,46,47,48)/b16-14+,23-18+/t41-/m1/s1. The quantitative estimate of drug-likeness (QED) is 0.0274. The summed E-state index contributed by atoms with van der Waals surface area (Å²) in [6.45, 7) is 3.67. The van der Waals surface area contributed by atoms with Crippen LogP contribution in [-0.4, -0.2) is 41.0 Å². The first kappa shape index (κ1) is 50.5. The molecule has 0 aliphatic carbocycles. The third kappa shape index (κ3) is 41.3. The van der Waals surface area contributed by atoms with Crippen molar-refractivity contribution in [3.8, 4) is 0 Å². The Morgan fingerprint density at radius 1 is 0.500 bits per heavy atom. The van der Waals surface area contributed by atoms with Gasteiger partial charge in [-0.1, -0.05) is 192 Å². The summed E-state index contributed by atoms with van der Waals surface area (Å²) < 4.78 is 26.4. The van der Waals surface area contributed by atoms with Crippen molar-refractivity contribution in [3.05, 3.63) is 24.3 Å². The Kier molecular flexibility index (Phi) is 38.1. The number of phosphoric acid groups is 1. The first-order valence-corrected chi connectivity index (χ1v) is 23.2. The van der Waals surface area contributed by atoms with Crippen molar-refractivity contribution >= 4 is 19.8 Å². The van der Waals surface area contributed by atoms with E-state index in [1.807, 2.05) is 0 Å². The lowest BCUT2D eigenvalue weighted by Gasteiger charge is -2.18. The van der Waals surface area contributed by atoms with Crippen LogP contribution in [0.15, 0.2) is 24.3 Å². The zero-order valence-electron chi connectivity index (χ0n) is 33.7. The molecule has 8 nitrogen and oxygen atoms in total. The zero-order chi connectivity index (χ0) is 38.2. The minimum Gasteiger partial charge on any atom is -0.462 e. The number of hydrogen-bond acceptors (Lipinski definition) is 6. The van der Waals surface area contributed by atoms with Gasteiger partial charge >= 0.3 is 19.8 Å². The molecule has 0 spiro atoms. The molecule has 0 saturated heterocycles. The summed E-state index contributed by atoms with van der Waals surface area (Å²) >= 11 is 0. The SMILES string of the molecule is CCCCCC/C=C/C=C/CCCCCCCC(=O)O[C@H](COC(=O)CCCCCCCCCCCCCCCCCCCCC)COP(=O)(O)O. The van der Waals surface area contributed by atoms with Crippen molar-refractivity contribution in [3.63, 3.8) is 0 Å². The van der Waals surface area contributed by atoms with Gasteiger partial charge in [-0.05, 0) is 38.5 Å². The average Bonchev–Trinajstić information content (AvgIpc) is 3.11. The van der Waals surface area contributed by atoms with E-state index in [-0.39, 0.29) is 19.4 Å². The van der Waals surface area contributed by atoms with E-state index in [9.17, 15) is 14.2 Å². The molecule has 0 radical (unpaired) electrons. The van der Waals surface area contributed by atoms with E-state index in [0.29, 0.717) is 6.42 Å². The third-order valence-electron chi connectivity index (χ3n) is 9.50. The molecule has 0 aromatic carbocycles. The molecule has 0 bridgehead atoms. The number of phosphoric ester groups is 1. The lowest BCUT2D eigenvalue weighted by molar-refractivity contribution is -0.161. The Hall–Kier alpha value is -1.47. The molecule has 0 aliphatic heterocycles. The van der Waals surface area contributed by atoms with Crippen molar-refractivity contribution in [2.75, 3.05) is 13.2 Å².